The highest BCUT2D eigenvalue weighted by molar-refractivity contribution is 7.14. The zero-order valence-electron chi connectivity index (χ0n) is 19.0. The van der Waals surface area contributed by atoms with Crippen LogP contribution < -0.4 is 5.32 Å². The molecule has 6 nitrogen and oxygen atoms in total. The Bertz CT molecular complexity index is 1110. The van der Waals surface area contributed by atoms with E-state index in [1.165, 1.54) is 28.7 Å². The number of carbonyl (C=O) groups is 2. The van der Waals surface area contributed by atoms with Crippen molar-refractivity contribution in [3.63, 3.8) is 0 Å². The topological polar surface area (TPSA) is 75.4 Å². The molecule has 1 fully saturated rings. The number of hydrogen-bond donors (Lipinski definition) is 1. The third-order valence-electron chi connectivity index (χ3n) is 5.94. The molecule has 0 aliphatic carbocycles. The van der Waals surface area contributed by atoms with Crippen molar-refractivity contribution >= 4 is 28.3 Å². The summed E-state index contributed by atoms with van der Waals surface area (Å²) in [6.07, 6.45) is 3.69. The van der Waals surface area contributed by atoms with Crippen LogP contribution in [0.25, 0.3) is 0 Å². The maximum Gasteiger partial charge on any atom is 0.260 e. The third-order valence-corrected chi connectivity index (χ3v) is 6.75. The molecule has 0 spiro atoms. The molecule has 3 aromatic rings. The molecule has 2 aromatic heterocycles. The Balaban J connectivity index is 1.40. The van der Waals surface area contributed by atoms with Gasteiger partial charge in [0.05, 0.1) is 30.0 Å². The van der Waals surface area contributed by atoms with Gasteiger partial charge in [-0.25, -0.2) is 4.98 Å². The van der Waals surface area contributed by atoms with Gasteiger partial charge in [0.15, 0.2) is 5.13 Å². The second kappa shape index (κ2) is 8.90. The number of rotatable bonds is 5. The molecule has 32 heavy (non-hydrogen) atoms. The van der Waals surface area contributed by atoms with E-state index in [1.54, 1.807) is 13.0 Å². The van der Waals surface area contributed by atoms with Gasteiger partial charge in [0.1, 0.15) is 5.76 Å². The van der Waals surface area contributed by atoms with Crippen molar-refractivity contribution in [2.24, 2.45) is 0 Å². The lowest BCUT2D eigenvalue weighted by molar-refractivity contribution is -0.131. The number of carbonyl (C=O) groups excluding carboxylic acids is 2. The van der Waals surface area contributed by atoms with Crippen molar-refractivity contribution in [3.05, 3.63) is 70.1 Å². The van der Waals surface area contributed by atoms with E-state index in [0.717, 1.165) is 19.4 Å². The highest BCUT2D eigenvalue weighted by Gasteiger charge is 2.30. The summed E-state index contributed by atoms with van der Waals surface area (Å²) >= 11 is 1.32. The summed E-state index contributed by atoms with van der Waals surface area (Å²) in [5.74, 6) is 0.369. The first-order chi connectivity index (χ1) is 15.2. The van der Waals surface area contributed by atoms with E-state index in [4.69, 9.17) is 4.42 Å². The van der Waals surface area contributed by atoms with Crippen LogP contribution in [0.4, 0.5) is 5.13 Å². The fourth-order valence-electron chi connectivity index (χ4n) is 4.10. The average Bonchev–Trinajstić information content (AvgIpc) is 3.48. The van der Waals surface area contributed by atoms with Crippen LogP contribution in [-0.4, -0.2) is 28.2 Å². The van der Waals surface area contributed by atoms with Crippen LogP contribution in [0.3, 0.4) is 0 Å². The Morgan fingerprint density at radius 3 is 2.62 bits per heavy atom. The standard InChI is InChI=1S/C25H29N3O3S/c1-16-20(11-13-31-16)23(30)27-24-26-19(15-32-24)14-22(29)28-12-5-6-21(28)17-7-9-18(10-8-17)25(2,3)4/h7-11,13,15,21H,5-6,12,14H2,1-4H3,(H,26,27,30). The van der Waals surface area contributed by atoms with Crippen molar-refractivity contribution in [3.8, 4) is 0 Å². The fourth-order valence-corrected chi connectivity index (χ4v) is 4.81. The number of nitrogens with zero attached hydrogens (tertiary/aromatic N) is 2. The molecule has 0 radical (unpaired) electrons. The van der Waals surface area contributed by atoms with Gasteiger partial charge in [0.2, 0.25) is 5.91 Å². The molecule has 2 amide bonds. The summed E-state index contributed by atoms with van der Waals surface area (Å²) in [5.41, 5.74) is 3.74. The van der Waals surface area contributed by atoms with Gasteiger partial charge in [-0.05, 0) is 42.4 Å². The first-order valence-electron chi connectivity index (χ1n) is 10.9. The van der Waals surface area contributed by atoms with Gasteiger partial charge >= 0.3 is 0 Å². The van der Waals surface area contributed by atoms with Gasteiger partial charge in [0.25, 0.3) is 5.91 Å². The Morgan fingerprint density at radius 2 is 1.97 bits per heavy atom. The van der Waals surface area contributed by atoms with Crippen molar-refractivity contribution in [2.75, 3.05) is 11.9 Å². The number of amides is 2. The second-order valence-corrected chi connectivity index (χ2v) is 10.1. The lowest BCUT2D eigenvalue weighted by Gasteiger charge is -2.26. The lowest BCUT2D eigenvalue weighted by atomic mass is 9.86. The summed E-state index contributed by atoms with van der Waals surface area (Å²) in [4.78, 5) is 31.8. The lowest BCUT2D eigenvalue weighted by Crippen LogP contribution is -2.32. The minimum atomic E-state index is -0.262. The maximum atomic E-state index is 13.1. The number of nitrogens with one attached hydrogen (secondary N) is 1. The number of aromatic nitrogens is 1. The molecule has 168 valence electrons. The van der Waals surface area contributed by atoms with Crippen molar-refractivity contribution in [1.82, 2.24) is 9.88 Å². The van der Waals surface area contributed by atoms with Gasteiger partial charge in [-0.1, -0.05) is 45.0 Å². The second-order valence-electron chi connectivity index (χ2n) is 9.28. The molecule has 1 saturated heterocycles. The number of hydrogen-bond acceptors (Lipinski definition) is 5. The minimum absolute atomic E-state index is 0.0706. The normalized spacial score (nSPS) is 16.4. The van der Waals surface area contributed by atoms with Crippen LogP contribution in [0.2, 0.25) is 0 Å². The molecule has 7 heteroatoms. The quantitative estimate of drug-likeness (QED) is 0.556. The molecule has 1 atom stereocenters. The number of furan rings is 1. The van der Waals surface area contributed by atoms with E-state index < -0.39 is 0 Å². The van der Waals surface area contributed by atoms with Gasteiger partial charge in [-0.15, -0.1) is 11.3 Å². The molecule has 1 N–H and O–H groups in total. The Labute approximate surface area is 192 Å². The zero-order valence-corrected chi connectivity index (χ0v) is 19.8. The van der Waals surface area contributed by atoms with Crippen LogP contribution in [0, 0.1) is 6.92 Å². The van der Waals surface area contributed by atoms with Crippen LogP contribution >= 0.6 is 11.3 Å². The van der Waals surface area contributed by atoms with Gasteiger partial charge < -0.3 is 9.32 Å². The van der Waals surface area contributed by atoms with Crippen molar-refractivity contribution in [1.29, 1.82) is 0 Å². The predicted molar refractivity (Wildman–Crippen MR) is 126 cm³/mol. The molecule has 0 bridgehead atoms. The summed E-state index contributed by atoms with van der Waals surface area (Å²) < 4.78 is 5.18. The fraction of sp³-hybridized carbons (Fsp3) is 0.400. The van der Waals surface area contributed by atoms with Crippen LogP contribution in [0.1, 0.15) is 72.6 Å². The number of benzene rings is 1. The zero-order chi connectivity index (χ0) is 22.9. The van der Waals surface area contributed by atoms with E-state index in [0.29, 0.717) is 22.1 Å². The summed E-state index contributed by atoms with van der Waals surface area (Å²) in [6.45, 7) is 9.11. The number of anilines is 1. The molecule has 1 unspecified atom stereocenters. The number of likely N-dealkylation sites (tertiary alicyclic amines) is 1. The third kappa shape index (κ3) is 4.78. The van der Waals surface area contributed by atoms with Crippen LogP contribution in [-0.2, 0) is 16.6 Å². The Hall–Kier alpha value is -2.93. The van der Waals surface area contributed by atoms with Gasteiger partial charge in [-0.2, -0.15) is 0 Å². The number of aryl methyl sites for hydroxylation is 1. The molecule has 1 aliphatic heterocycles. The largest absolute Gasteiger partial charge is 0.469 e. The van der Waals surface area contributed by atoms with Crippen molar-refractivity contribution in [2.45, 2.75) is 58.4 Å². The number of thiazole rings is 1. The van der Waals surface area contributed by atoms with Crippen molar-refractivity contribution < 1.29 is 14.0 Å². The first kappa shape index (κ1) is 22.3. The smallest absolute Gasteiger partial charge is 0.260 e. The highest BCUT2D eigenvalue weighted by atomic mass is 32.1. The maximum absolute atomic E-state index is 13.1. The first-order valence-corrected chi connectivity index (χ1v) is 11.8. The summed E-state index contributed by atoms with van der Waals surface area (Å²) in [7, 11) is 0. The minimum Gasteiger partial charge on any atom is -0.469 e. The monoisotopic (exact) mass is 451 g/mol. The molecule has 1 aromatic carbocycles. The van der Waals surface area contributed by atoms with E-state index >= 15 is 0 Å². The van der Waals surface area contributed by atoms with E-state index in [1.807, 2.05) is 10.3 Å². The van der Waals surface area contributed by atoms with E-state index in [2.05, 4.69) is 55.3 Å². The predicted octanol–water partition coefficient (Wildman–Crippen LogP) is 5.50. The summed E-state index contributed by atoms with van der Waals surface area (Å²) in [6, 6.07) is 10.4. The molecular weight excluding hydrogens is 422 g/mol. The van der Waals surface area contributed by atoms with E-state index in [9.17, 15) is 9.59 Å². The van der Waals surface area contributed by atoms with Gasteiger partial charge in [-0.3, -0.25) is 14.9 Å². The van der Waals surface area contributed by atoms with Crippen LogP contribution in [0.5, 0.6) is 0 Å². The Kier molecular flexibility index (Phi) is 6.20. The van der Waals surface area contributed by atoms with Gasteiger partial charge in [0, 0.05) is 11.9 Å². The highest BCUT2D eigenvalue weighted by Crippen LogP contribution is 2.34. The summed E-state index contributed by atoms with van der Waals surface area (Å²) in [5, 5.41) is 5.10. The average molecular weight is 452 g/mol. The Morgan fingerprint density at radius 1 is 1.22 bits per heavy atom. The SMILES string of the molecule is Cc1occc1C(=O)Nc1nc(CC(=O)N2CCCC2c2ccc(C(C)(C)C)cc2)cs1. The molecule has 1 aliphatic rings. The van der Waals surface area contributed by atoms with E-state index in [-0.39, 0.29) is 29.7 Å². The molecule has 3 heterocycles. The molecular formula is C25H29N3O3S. The molecule has 0 saturated carbocycles. The molecule has 4 rings (SSSR count). The van der Waals surface area contributed by atoms with Crippen LogP contribution in [0.15, 0.2) is 46.4 Å².